The van der Waals surface area contributed by atoms with Crippen LogP contribution in [0.15, 0.2) is 108 Å². The van der Waals surface area contributed by atoms with Gasteiger partial charge in [-0.05, 0) is 0 Å². The van der Waals surface area contributed by atoms with E-state index in [4.69, 9.17) is 0 Å². The van der Waals surface area contributed by atoms with Crippen molar-refractivity contribution in [2.45, 2.75) is 94.6 Å². The summed E-state index contributed by atoms with van der Waals surface area (Å²) in [6, 6.07) is 37.0. The molecular weight excluding hydrogens is 743 g/mol. The molecule has 4 aromatic carbocycles. The molecule has 8 rings (SSSR count). The molecule has 0 spiro atoms. The number of benzene rings is 4. The maximum absolute atomic E-state index is 3.81. The maximum atomic E-state index is 2.87. The van der Waals surface area contributed by atoms with Gasteiger partial charge in [-0.15, -0.1) is 24.8 Å². The fraction of sp³-hybridized carbons (Fsp3) is 0.391. The molecule has 0 heterocycles. The normalized spacial score (nSPS) is 21.8. The average Bonchev–Trinajstić information content (AvgIpc) is 3.86. The van der Waals surface area contributed by atoms with Gasteiger partial charge in [0.1, 0.15) is 0 Å². The summed E-state index contributed by atoms with van der Waals surface area (Å²) in [5, 5.41) is 0. The standard InChI is InChI=1S/2C22H23.2CH3.2ClH.H2Si.Zr/c2*1-22(12-5-6-13-22)16-17-14-19-10-7-11-20(21(19)15-17)18-8-3-2-4-9-18;;;;;;/h2*2-4,7-11,14-15H,5-6,12-13,16H2,1H3;2*1H3;2*1H;1H2;. The first-order valence-electron chi connectivity index (χ1n) is 18.9. The topological polar surface area (TPSA) is 0 Å². The van der Waals surface area contributed by atoms with Crippen LogP contribution >= 0.6 is 24.8 Å². The van der Waals surface area contributed by atoms with Gasteiger partial charge in [-0.1, -0.05) is 0 Å². The number of hydrogen-bond donors (Lipinski definition) is 0. The van der Waals surface area contributed by atoms with Crippen LogP contribution in [0.4, 0.5) is 0 Å². The third kappa shape index (κ3) is 6.70. The Labute approximate surface area is 317 Å². The van der Waals surface area contributed by atoms with Crippen LogP contribution in [-0.4, -0.2) is 6.88 Å². The van der Waals surface area contributed by atoms with E-state index in [9.17, 15) is 0 Å². The fourth-order valence-electron chi connectivity index (χ4n) is 11.2. The fourth-order valence-corrected chi connectivity index (χ4v) is 30.9. The molecule has 0 saturated heterocycles. The Balaban J connectivity index is 0.00000216. The zero-order valence-corrected chi connectivity index (χ0v) is 36.1. The minimum absolute atomic E-state index is 0. The molecule has 4 aliphatic rings. The summed E-state index contributed by atoms with van der Waals surface area (Å²) in [5.74, 6) is 0. The quantitative estimate of drug-likeness (QED) is 0.156. The first-order valence-corrected chi connectivity index (χ1v) is 32.6. The van der Waals surface area contributed by atoms with Crippen molar-refractivity contribution < 1.29 is 17.4 Å². The van der Waals surface area contributed by atoms with Crippen molar-refractivity contribution in [3.8, 4) is 22.3 Å². The second-order valence-electron chi connectivity index (χ2n) is 18.0. The molecule has 2 atom stereocenters. The zero-order chi connectivity index (χ0) is 33.2. The molecule has 2 fully saturated rings. The van der Waals surface area contributed by atoms with Crippen LogP contribution in [0.25, 0.3) is 34.4 Å². The molecule has 0 bridgehead atoms. The molecule has 50 heavy (non-hydrogen) atoms. The molecule has 2 saturated carbocycles. The van der Waals surface area contributed by atoms with Gasteiger partial charge >= 0.3 is 295 Å². The molecule has 0 N–H and O–H groups in total. The van der Waals surface area contributed by atoms with Gasteiger partial charge in [0.2, 0.25) is 0 Å². The van der Waals surface area contributed by atoms with Gasteiger partial charge in [0.15, 0.2) is 0 Å². The Morgan fingerprint density at radius 1 is 0.540 bits per heavy atom. The van der Waals surface area contributed by atoms with E-state index in [0.717, 1.165) is 0 Å². The summed E-state index contributed by atoms with van der Waals surface area (Å²) >= 11 is -3.81. The van der Waals surface area contributed by atoms with Crippen molar-refractivity contribution >= 4 is 43.8 Å². The first-order chi connectivity index (χ1) is 23.0. The van der Waals surface area contributed by atoms with Crippen molar-refractivity contribution in [2.24, 2.45) is 10.8 Å². The van der Waals surface area contributed by atoms with Crippen LogP contribution in [0.5, 0.6) is 0 Å². The third-order valence-electron chi connectivity index (χ3n) is 13.3. The van der Waals surface area contributed by atoms with E-state index in [2.05, 4.69) is 139 Å². The van der Waals surface area contributed by atoms with E-state index < -0.39 is 17.4 Å². The van der Waals surface area contributed by atoms with E-state index in [1.54, 1.807) is 22.3 Å². The van der Waals surface area contributed by atoms with Crippen LogP contribution in [0.3, 0.4) is 0 Å². The van der Waals surface area contributed by atoms with Crippen molar-refractivity contribution in [1.29, 1.82) is 0 Å². The Bertz CT molecular complexity index is 1850. The molecule has 262 valence electrons. The van der Waals surface area contributed by atoms with Crippen molar-refractivity contribution in [3.63, 3.8) is 0 Å². The van der Waals surface area contributed by atoms with Gasteiger partial charge in [-0.25, -0.2) is 0 Å². The van der Waals surface area contributed by atoms with Crippen LogP contribution in [-0.2, 0) is 17.4 Å². The molecule has 0 aliphatic heterocycles. The number of halogens is 2. The number of hydrogen-bond acceptors (Lipinski definition) is 0. The summed E-state index contributed by atoms with van der Waals surface area (Å²) in [4.78, 5) is 0. The largest absolute Gasteiger partial charge is 0.147 e. The molecule has 0 radical (unpaired) electrons. The van der Waals surface area contributed by atoms with E-state index in [1.165, 1.54) is 97.6 Å². The Kier molecular flexibility index (Phi) is 10.7. The molecule has 4 aliphatic carbocycles. The molecule has 0 nitrogen and oxygen atoms in total. The summed E-state index contributed by atoms with van der Waals surface area (Å²) in [5.41, 5.74) is 16.2. The van der Waals surface area contributed by atoms with Crippen molar-refractivity contribution in [2.75, 3.05) is 0 Å². The average molecular weight is 799 g/mol. The van der Waals surface area contributed by atoms with Crippen LogP contribution < -0.4 is 0 Å². The SMILES string of the molecule is CC1(CC2=Cc3c(-c4ccccc4)cccc3[CH]2[Zr]([CH3])([CH3])(=[SiH2])[CH]2C(CC3(C)CCCC3)=Cc3c(-c4ccccc4)cccc32)CCCC1.Cl.Cl. The minimum Gasteiger partial charge on any atom is -0.147 e. The van der Waals surface area contributed by atoms with Gasteiger partial charge in [-0.2, -0.15) is 0 Å². The van der Waals surface area contributed by atoms with Crippen LogP contribution in [0, 0.1) is 10.8 Å². The Hall–Kier alpha value is -1.96. The second kappa shape index (κ2) is 14.1. The van der Waals surface area contributed by atoms with Gasteiger partial charge in [0.25, 0.3) is 0 Å². The predicted molar refractivity (Wildman–Crippen MR) is 222 cm³/mol. The first kappa shape index (κ1) is 37.8. The van der Waals surface area contributed by atoms with Gasteiger partial charge in [-0.3, -0.25) is 0 Å². The van der Waals surface area contributed by atoms with Crippen LogP contribution in [0.1, 0.15) is 108 Å². The number of rotatable bonds is 8. The monoisotopic (exact) mass is 796 g/mol. The molecule has 4 heteroatoms. The van der Waals surface area contributed by atoms with Crippen molar-refractivity contribution in [3.05, 3.63) is 130 Å². The Morgan fingerprint density at radius 3 is 1.26 bits per heavy atom. The molecular formula is C46H56Cl2SiZr. The van der Waals surface area contributed by atoms with E-state index in [-0.39, 0.29) is 24.8 Å². The van der Waals surface area contributed by atoms with E-state index in [0.29, 0.717) is 18.1 Å². The summed E-state index contributed by atoms with van der Waals surface area (Å²) < 4.78 is 6.85. The van der Waals surface area contributed by atoms with Crippen LogP contribution in [0.2, 0.25) is 9.26 Å². The zero-order valence-electron chi connectivity index (χ0n) is 30.6. The predicted octanol–water partition coefficient (Wildman–Crippen LogP) is 13.7. The Morgan fingerprint density at radius 2 is 0.900 bits per heavy atom. The molecule has 4 aromatic rings. The van der Waals surface area contributed by atoms with E-state index in [1.807, 2.05) is 0 Å². The minimum atomic E-state index is -3.81. The second-order valence-corrected chi connectivity index (χ2v) is 48.5. The summed E-state index contributed by atoms with van der Waals surface area (Å²) in [6.07, 6.45) is 19.0. The smallest absolute Gasteiger partial charge is 0.147 e. The number of fused-ring (bicyclic) bond motifs is 2. The maximum Gasteiger partial charge on any atom is -0.147 e. The van der Waals surface area contributed by atoms with Gasteiger partial charge in [0, 0.05) is 0 Å². The summed E-state index contributed by atoms with van der Waals surface area (Å²) in [6.45, 7) is 7.76. The molecule has 2 unspecified atom stereocenters. The molecule has 0 amide bonds. The molecule has 0 aromatic heterocycles. The summed E-state index contributed by atoms with van der Waals surface area (Å²) in [7, 11) is 0. The number of allylic oxidation sites excluding steroid dienone is 2. The van der Waals surface area contributed by atoms with Crippen molar-refractivity contribution in [1.82, 2.24) is 0 Å². The van der Waals surface area contributed by atoms with Gasteiger partial charge in [0.05, 0.1) is 0 Å². The van der Waals surface area contributed by atoms with Gasteiger partial charge < -0.3 is 0 Å². The van der Waals surface area contributed by atoms with E-state index >= 15 is 0 Å². The third-order valence-corrected chi connectivity index (χ3v) is 30.8.